The van der Waals surface area contributed by atoms with Gasteiger partial charge in [0, 0.05) is 34.0 Å². The third kappa shape index (κ3) is 3.80. The van der Waals surface area contributed by atoms with E-state index in [1.807, 2.05) is 0 Å². The maximum atomic E-state index is 13.1. The fourth-order valence-electron chi connectivity index (χ4n) is 2.34. The highest BCUT2D eigenvalue weighted by Gasteiger charge is 2.34. The minimum Gasteiger partial charge on any atom is -0.347 e. The average molecular weight is 433 g/mol. The summed E-state index contributed by atoms with van der Waals surface area (Å²) in [4.78, 5) is 16.4. The van der Waals surface area contributed by atoms with Crippen LogP contribution in [0, 0.1) is 0 Å². The van der Waals surface area contributed by atoms with Crippen LogP contribution >= 0.6 is 27.5 Å². The molecule has 0 radical (unpaired) electrons. The number of benzene rings is 1. The summed E-state index contributed by atoms with van der Waals surface area (Å²) in [5, 5.41) is 2.37. The molecule has 3 aromatic rings. The maximum absolute atomic E-state index is 13.1. The standard InChI is InChI=1S/C16H10BrClF3N3O/c17-9-4-5-14-23-13(8-24(14)7-9)15(25)22-6-10-11(16(19,20)21)2-1-3-12(10)18/h1-5,7-8H,6H2,(H,22,25). The fraction of sp³-hybridized carbons (Fsp3) is 0.125. The molecule has 1 aromatic carbocycles. The van der Waals surface area contributed by atoms with Crippen molar-refractivity contribution in [1.82, 2.24) is 14.7 Å². The van der Waals surface area contributed by atoms with Gasteiger partial charge in [0.25, 0.3) is 5.91 Å². The van der Waals surface area contributed by atoms with E-state index in [0.717, 1.165) is 10.5 Å². The molecule has 3 rings (SSSR count). The molecule has 4 nitrogen and oxygen atoms in total. The molecule has 2 heterocycles. The van der Waals surface area contributed by atoms with Gasteiger partial charge in [-0.2, -0.15) is 13.2 Å². The Kier molecular flexibility index (Phi) is 4.75. The van der Waals surface area contributed by atoms with Crippen LogP contribution in [0.25, 0.3) is 5.65 Å². The van der Waals surface area contributed by atoms with Crippen LogP contribution in [0.15, 0.2) is 47.2 Å². The SMILES string of the molecule is O=C(NCc1c(Cl)cccc1C(F)(F)F)c1cn2cc(Br)ccc2n1. The normalized spacial score (nSPS) is 11.7. The molecule has 2 aromatic heterocycles. The van der Waals surface area contributed by atoms with E-state index < -0.39 is 17.6 Å². The lowest BCUT2D eigenvalue weighted by Gasteiger charge is -2.14. The van der Waals surface area contributed by atoms with Crippen LogP contribution in [0.5, 0.6) is 0 Å². The predicted octanol–water partition coefficient (Wildman–Crippen LogP) is 4.70. The number of pyridine rings is 1. The average Bonchev–Trinajstić information content (AvgIpc) is 2.95. The molecule has 1 amide bonds. The van der Waals surface area contributed by atoms with E-state index in [1.54, 1.807) is 22.7 Å². The van der Waals surface area contributed by atoms with Crippen molar-refractivity contribution in [2.24, 2.45) is 0 Å². The second-order valence-corrected chi connectivity index (χ2v) is 6.51. The molecule has 0 aliphatic heterocycles. The Labute approximate surface area is 153 Å². The van der Waals surface area contributed by atoms with Crippen molar-refractivity contribution in [1.29, 1.82) is 0 Å². The summed E-state index contributed by atoms with van der Waals surface area (Å²) >= 11 is 9.17. The molecular formula is C16H10BrClF3N3O. The van der Waals surface area contributed by atoms with Gasteiger partial charge in [0.1, 0.15) is 11.3 Å². The highest BCUT2D eigenvalue weighted by molar-refractivity contribution is 9.10. The Morgan fingerprint density at radius 1 is 1.24 bits per heavy atom. The Morgan fingerprint density at radius 2 is 2.00 bits per heavy atom. The molecule has 0 atom stereocenters. The molecule has 0 saturated carbocycles. The van der Waals surface area contributed by atoms with Crippen LogP contribution < -0.4 is 5.32 Å². The van der Waals surface area contributed by atoms with Gasteiger partial charge < -0.3 is 9.72 Å². The summed E-state index contributed by atoms with van der Waals surface area (Å²) in [6, 6.07) is 6.97. The Balaban J connectivity index is 1.82. The van der Waals surface area contributed by atoms with Crippen LogP contribution in [-0.4, -0.2) is 15.3 Å². The molecule has 1 N–H and O–H groups in total. The third-order valence-corrected chi connectivity index (χ3v) is 4.32. The molecule has 9 heteroatoms. The number of fused-ring (bicyclic) bond motifs is 1. The summed E-state index contributed by atoms with van der Waals surface area (Å²) in [6.07, 6.45) is -1.35. The predicted molar refractivity (Wildman–Crippen MR) is 90.5 cm³/mol. The number of hydrogen-bond acceptors (Lipinski definition) is 2. The lowest BCUT2D eigenvalue weighted by molar-refractivity contribution is -0.138. The number of rotatable bonds is 3. The number of nitrogens with zero attached hydrogens (tertiary/aromatic N) is 2. The van der Waals surface area contributed by atoms with E-state index in [2.05, 4.69) is 26.2 Å². The lowest BCUT2D eigenvalue weighted by atomic mass is 10.1. The first-order valence-electron chi connectivity index (χ1n) is 7.03. The van der Waals surface area contributed by atoms with E-state index in [9.17, 15) is 18.0 Å². The smallest absolute Gasteiger partial charge is 0.347 e. The number of alkyl halides is 3. The molecule has 0 fully saturated rings. The van der Waals surface area contributed by atoms with Gasteiger partial charge in [-0.3, -0.25) is 4.79 Å². The maximum Gasteiger partial charge on any atom is 0.416 e. The molecule has 0 unspecified atom stereocenters. The van der Waals surface area contributed by atoms with Crippen LogP contribution in [0.4, 0.5) is 13.2 Å². The molecule has 0 spiro atoms. The first-order chi connectivity index (χ1) is 11.8. The zero-order chi connectivity index (χ0) is 18.2. The van der Waals surface area contributed by atoms with Gasteiger partial charge in [-0.05, 0) is 40.2 Å². The number of carbonyl (C=O) groups is 1. The van der Waals surface area contributed by atoms with Gasteiger partial charge in [0.2, 0.25) is 0 Å². The number of hydrogen-bond donors (Lipinski definition) is 1. The first-order valence-corrected chi connectivity index (χ1v) is 8.20. The summed E-state index contributed by atoms with van der Waals surface area (Å²) in [7, 11) is 0. The van der Waals surface area contributed by atoms with Gasteiger partial charge in [-0.1, -0.05) is 17.7 Å². The summed E-state index contributed by atoms with van der Waals surface area (Å²) in [5.41, 5.74) is -0.420. The molecule has 25 heavy (non-hydrogen) atoms. The number of halogens is 5. The number of carbonyl (C=O) groups excluding carboxylic acids is 1. The van der Waals surface area contributed by atoms with Gasteiger partial charge in [-0.15, -0.1) is 0 Å². The third-order valence-electron chi connectivity index (χ3n) is 3.50. The van der Waals surface area contributed by atoms with Crippen LogP contribution in [-0.2, 0) is 12.7 Å². The molecular weight excluding hydrogens is 423 g/mol. The van der Waals surface area contributed by atoms with Crippen LogP contribution in [0.3, 0.4) is 0 Å². The highest BCUT2D eigenvalue weighted by atomic mass is 79.9. The fourth-order valence-corrected chi connectivity index (χ4v) is 2.93. The number of aromatic nitrogens is 2. The Morgan fingerprint density at radius 3 is 2.72 bits per heavy atom. The monoisotopic (exact) mass is 431 g/mol. The topological polar surface area (TPSA) is 46.4 Å². The zero-order valence-electron chi connectivity index (χ0n) is 12.4. The van der Waals surface area contributed by atoms with Crippen LogP contribution in [0.1, 0.15) is 21.6 Å². The summed E-state index contributed by atoms with van der Waals surface area (Å²) in [6.45, 7) is -0.356. The lowest BCUT2D eigenvalue weighted by Crippen LogP contribution is -2.25. The van der Waals surface area contributed by atoms with E-state index in [4.69, 9.17) is 11.6 Å². The van der Waals surface area contributed by atoms with Crippen molar-refractivity contribution >= 4 is 39.1 Å². The van der Waals surface area contributed by atoms with Crippen molar-refractivity contribution in [3.63, 3.8) is 0 Å². The largest absolute Gasteiger partial charge is 0.416 e. The van der Waals surface area contributed by atoms with Gasteiger partial charge in [0.15, 0.2) is 0 Å². The Bertz CT molecular complexity index is 955. The van der Waals surface area contributed by atoms with Crippen molar-refractivity contribution < 1.29 is 18.0 Å². The second kappa shape index (κ2) is 6.68. The van der Waals surface area contributed by atoms with E-state index >= 15 is 0 Å². The molecule has 0 aliphatic carbocycles. The van der Waals surface area contributed by atoms with Crippen molar-refractivity contribution in [3.8, 4) is 0 Å². The van der Waals surface area contributed by atoms with E-state index in [1.165, 1.54) is 18.3 Å². The quantitative estimate of drug-likeness (QED) is 0.652. The van der Waals surface area contributed by atoms with Gasteiger partial charge in [-0.25, -0.2) is 4.98 Å². The van der Waals surface area contributed by atoms with Crippen molar-refractivity contribution in [3.05, 3.63) is 69.0 Å². The van der Waals surface area contributed by atoms with E-state index in [-0.39, 0.29) is 22.8 Å². The van der Waals surface area contributed by atoms with E-state index in [0.29, 0.717) is 5.65 Å². The molecule has 0 aliphatic rings. The van der Waals surface area contributed by atoms with Gasteiger partial charge in [0.05, 0.1) is 5.56 Å². The summed E-state index contributed by atoms with van der Waals surface area (Å²) in [5.74, 6) is -0.590. The van der Waals surface area contributed by atoms with Crippen molar-refractivity contribution in [2.75, 3.05) is 0 Å². The zero-order valence-corrected chi connectivity index (χ0v) is 14.8. The first kappa shape index (κ1) is 17.8. The minimum atomic E-state index is -4.56. The molecule has 0 bridgehead atoms. The Hall–Kier alpha value is -2.06. The molecule has 130 valence electrons. The minimum absolute atomic E-state index is 0.0611. The highest BCUT2D eigenvalue weighted by Crippen LogP contribution is 2.34. The van der Waals surface area contributed by atoms with Crippen molar-refractivity contribution in [2.45, 2.75) is 12.7 Å². The number of amides is 1. The van der Waals surface area contributed by atoms with Crippen LogP contribution in [0.2, 0.25) is 5.02 Å². The second-order valence-electron chi connectivity index (χ2n) is 5.19. The van der Waals surface area contributed by atoms with Gasteiger partial charge >= 0.3 is 6.18 Å². The number of imidazole rings is 1. The molecule has 0 saturated heterocycles. The number of nitrogens with one attached hydrogen (secondary N) is 1. The summed E-state index contributed by atoms with van der Waals surface area (Å²) < 4.78 is 41.6.